The van der Waals surface area contributed by atoms with E-state index in [1.54, 1.807) is 13.2 Å². The Morgan fingerprint density at radius 1 is 1.45 bits per heavy atom. The van der Waals surface area contributed by atoms with Crippen molar-refractivity contribution >= 4 is 17.7 Å². The molecule has 0 spiro atoms. The number of likely N-dealkylation sites (tertiary alicyclic amines) is 1. The number of nitrogens with zero attached hydrogens (tertiary/aromatic N) is 1. The number of ether oxygens (including phenoxy) is 1. The number of hydrogen-bond acceptors (Lipinski definition) is 3. The SMILES string of the molecule is COCc1ccccc1NC(=O)N1CCCC1C(=O)O. The Balaban J connectivity index is 2.10. The van der Waals surface area contributed by atoms with Gasteiger partial charge in [0.15, 0.2) is 0 Å². The van der Waals surface area contributed by atoms with Crippen LogP contribution in [0.25, 0.3) is 0 Å². The van der Waals surface area contributed by atoms with Gasteiger partial charge in [-0.1, -0.05) is 18.2 Å². The topological polar surface area (TPSA) is 78.9 Å². The van der Waals surface area contributed by atoms with Crippen LogP contribution in [0, 0.1) is 0 Å². The molecule has 1 aliphatic rings. The zero-order chi connectivity index (χ0) is 14.5. The van der Waals surface area contributed by atoms with E-state index in [-0.39, 0.29) is 6.03 Å². The number of hydrogen-bond donors (Lipinski definition) is 2. The largest absolute Gasteiger partial charge is 0.480 e. The van der Waals surface area contributed by atoms with Gasteiger partial charge in [0.1, 0.15) is 6.04 Å². The first kappa shape index (κ1) is 14.3. The summed E-state index contributed by atoms with van der Waals surface area (Å²) in [5.74, 6) is -0.956. The molecule has 108 valence electrons. The lowest BCUT2D eigenvalue weighted by Crippen LogP contribution is -2.42. The second-order valence-electron chi connectivity index (χ2n) is 4.71. The van der Waals surface area contributed by atoms with Gasteiger partial charge >= 0.3 is 12.0 Å². The standard InChI is InChI=1S/C14H18N2O4/c1-20-9-10-5-2-3-6-11(10)15-14(19)16-8-4-7-12(16)13(17)18/h2-3,5-6,12H,4,7-9H2,1H3,(H,15,19)(H,17,18). The molecule has 1 saturated heterocycles. The number of carboxylic acids is 1. The summed E-state index contributed by atoms with van der Waals surface area (Å²) in [7, 11) is 1.58. The Kier molecular flexibility index (Phi) is 4.57. The van der Waals surface area contributed by atoms with Crippen LogP contribution in [0.2, 0.25) is 0 Å². The molecular weight excluding hydrogens is 260 g/mol. The molecule has 1 heterocycles. The minimum absolute atomic E-state index is 0.376. The number of amides is 2. The van der Waals surface area contributed by atoms with Crippen LogP contribution >= 0.6 is 0 Å². The summed E-state index contributed by atoms with van der Waals surface area (Å²) in [6, 6.07) is 6.20. The van der Waals surface area contributed by atoms with Gasteiger partial charge in [0, 0.05) is 24.9 Å². The van der Waals surface area contributed by atoms with E-state index in [9.17, 15) is 9.59 Å². The van der Waals surface area contributed by atoms with Crippen LogP contribution in [0.15, 0.2) is 24.3 Å². The molecule has 0 saturated carbocycles. The minimum Gasteiger partial charge on any atom is -0.480 e. The van der Waals surface area contributed by atoms with E-state index < -0.39 is 12.0 Å². The first-order valence-corrected chi connectivity index (χ1v) is 6.50. The van der Waals surface area contributed by atoms with Crippen molar-refractivity contribution in [3.05, 3.63) is 29.8 Å². The van der Waals surface area contributed by atoms with Gasteiger partial charge in [-0.2, -0.15) is 0 Å². The molecular formula is C14H18N2O4. The fourth-order valence-electron chi connectivity index (χ4n) is 2.38. The van der Waals surface area contributed by atoms with E-state index >= 15 is 0 Å². The minimum atomic E-state index is -0.956. The van der Waals surface area contributed by atoms with Crippen molar-refractivity contribution in [2.24, 2.45) is 0 Å². The third-order valence-corrected chi connectivity index (χ3v) is 3.36. The van der Waals surface area contributed by atoms with Gasteiger partial charge in [-0.15, -0.1) is 0 Å². The number of anilines is 1. The summed E-state index contributed by atoms with van der Waals surface area (Å²) < 4.78 is 5.08. The Morgan fingerprint density at radius 3 is 2.90 bits per heavy atom. The van der Waals surface area contributed by atoms with E-state index in [2.05, 4.69) is 5.32 Å². The fourth-order valence-corrected chi connectivity index (χ4v) is 2.38. The fraction of sp³-hybridized carbons (Fsp3) is 0.429. The Morgan fingerprint density at radius 2 is 2.20 bits per heavy atom. The smallest absolute Gasteiger partial charge is 0.326 e. The lowest BCUT2D eigenvalue weighted by atomic mass is 10.2. The number of urea groups is 1. The lowest BCUT2D eigenvalue weighted by molar-refractivity contribution is -0.141. The van der Waals surface area contributed by atoms with Crippen LogP contribution in [-0.2, 0) is 16.1 Å². The van der Waals surface area contributed by atoms with Crippen molar-refractivity contribution in [2.75, 3.05) is 19.0 Å². The van der Waals surface area contributed by atoms with Crippen LogP contribution in [0.4, 0.5) is 10.5 Å². The van der Waals surface area contributed by atoms with Crippen molar-refractivity contribution < 1.29 is 19.4 Å². The van der Waals surface area contributed by atoms with Crippen molar-refractivity contribution in [2.45, 2.75) is 25.5 Å². The quantitative estimate of drug-likeness (QED) is 0.881. The van der Waals surface area contributed by atoms with Crippen molar-refractivity contribution in [3.8, 4) is 0 Å². The summed E-state index contributed by atoms with van der Waals surface area (Å²) >= 11 is 0. The number of aliphatic carboxylic acids is 1. The van der Waals surface area contributed by atoms with E-state index in [1.807, 2.05) is 18.2 Å². The first-order valence-electron chi connectivity index (χ1n) is 6.50. The summed E-state index contributed by atoms with van der Waals surface area (Å²) in [6.07, 6.45) is 1.21. The van der Waals surface area contributed by atoms with E-state index in [1.165, 1.54) is 4.90 Å². The highest BCUT2D eigenvalue weighted by Gasteiger charge is 2.34. The van der Waals surface area contributed by atoms with Crippen LogP contribution in [0.1, 0.15) is 18.4 Å². The van der Waals surface area contributed by atoms with Gasteiger partial charge in [0.05, 0.1) is 6.61 Å². The molecule has 2 amide bonds. The van der Waals surface area contributed by atoms with Crippen LogP contribution in [-0.4, -0.2) is 41.7 Å². The number of para-hydroxylation sites is 1. The Bertz CT molecular complexity index is 504. The highest BCUT2D eigenvalue weighted by Crippen LogP contribution is 2.21. The molecule has 1 aromatic rings. The summed E-state index contributed by atoms with van der Waals surface area (Å²) in [5.41, 5.74) is 1.50. The van der Waals surface area contributed by atoms with Gasteiger partial charge in [-0.25, -0.2) is 9.59 Å². The van der Waals surface area contributed by atoms with Gasteiger partial charge in [0.25, 0.3) is 0 Å². The van der Waals surface area contributed by atoms with Gasteiger partial charge in [-0.3, -0.25) is 0 Å². The summed E-state index contributed by atoms with van der Waals surface area (Å²) in [4.78, 5) is 24.7. The molecule has 1 aliphatic heterocycles. The van der Waals surface area contributed by atoms with Crippen LogP contribution in [0.5, 0.6) is 0 Å². The molecule has 0 radical (unpaired) electrons. The maximum absolute atomic E-state index is 12.2. The molecule has 0 aromatic heterocycles. The number of benzene rings is 1. The summed E-state index contributed by atoms with van der Waals surface area (Å²) in [5, 5.41) is 11.9. The maximum atomic E-state index is 12.2. The van der Waals surface area contributed by atoms with Crippen molar-refractivity contribution in [1.29, 1.82) is 0 Å². The predicted molar refractivity (Wildman–Crippen MR) is 73.5 cm³/mol. The number of methoxy groups -OCH3 is 1. The third kappa shape index (κ3) is 3.08. The maximum Gasteiger partial charge on any atom is 0.326 e. The van der Waals surface area contributed by atoms with E-state index in [4.69, 9.17) is 9.84 Å². The zero-order valence-electron chi connectivity index (χ0n) is 11.3. The van der Waals surface area contributed by atoms with Gasteiger partial charge < -0.3 is 20.1 Å². The average Bonchev–Trinajstić information content (AvgIpc) is 2.91. The number of nitrogens with one attached hydrogen (secondary N) is 1. The molecule has 6 heteroatoms. The molecule has 2 N–H and O–H groups in total. The highest BCUT2D eigenvalue weighted by atomic mass is 16.5. The predicted octanol–water partition coefficient (Wildman–Crippen LogP) is 1.91. The van der Waals surface area contributed by atoms with E-state index in [0.717, 1.165) is 5.56 Å². The number of carbonyl (C=O) groups is 2. The van der Waals surface area contributed by atoms with E-state index in [0.29, 0.717) is 31.7 Å². The van der Waals surface area contributed by atoms with Crippen molar-refractivity contribution in [3.63, 3.8) is 0 Å². The molecule has 1 atom stereocenters. The third-order valence-electron chi connectivity index (χ3n) is 3.36. The molecule has 6 nitrogen and oxygen atoms in total. The Hall–Kier alpha value is -2.08. The van der Waals surface area contributed by atoms with Gasteiger partial charge in [-0.05, 0) is 18.9 Å². The normalized spacial score (nSPS) is 18.1. The molecule has 20 heavy (non-hydrogen) atoms. The molecule has 1 fully saturated rings. The number of rotatable bonds is 4. The number of carbonyl (C=O) groups excluding carboxylic acids is 1. The first-order chi connectivity index (χ1) is 9.63. The van der Waals surface area contributed by atoms with Gasteiger partial charge in [0.2, 0.25) is 0 Å². The zero-order valence-corrected chi connectivity index (χ0v) is 11.3. The van der Waals surface area contributed by atoms with Crippen LogP contribution < -0.4 is 5.32 Å². The lowest BCUT2D eigenvalue weighted by Gasteiger charge is -2.22. The number of carboxylic acid groups (broad SMARTS) is 1. The molecule has 1 unspecified atom stereocenters. The highest BCUT2D eigenvalue weighted by molar-refractivity contribution is 5.93. The second kappa shape index (κ2) is 6.38. The van der Waals surface area contributed by atoms with Crippen LogP contribution in [0.3, 0.4) is 0 Å². The molecule has 0 aliphatic carbocycles. The average molecular weight is 278 g/mol. The van der Waals surface area contributed by atoms with Crippen molar-refractivity contribution in [1.82, 2.24) is 4.90 Å². The monoisotopic (exact) mass is 278 g/mol. The second-order valence-corrected chi connectivity index (χ2v) is 4.71. The Labute approximate surface area is 117 Å². The summed E-state index contributed by atoms with van der Waals surface area (Å²) in [6.45, 7) is 0.855. The molecule has 0 bridgehead atoms. The molecule has 2 rings (SSSR count). The molecule has 1 aromatic carbocycles.